The first-order valence-electron chi connectivity index (χ1n) is 8.65. The Morgan fingerprint density at radius 3 is 2.46 bits per heavy atom. The van der Waals surface area contributed by atoms with E-state index < -0.39 is 6.29 Å². The monoisotopic (exact) mass is 379 g/mol. The Hall–Kier alpha value is -1.60. The van der Waals surface area contributed by atoms with Crippen molar-refractivity contribution < 1.29 is 13.9 Å². The van der Waals surface area contributed by atoms with Crippen molar-refractivity contribution in [2.75, 3.05) is 20.3 Å². The summed E-state index contributed by atoms with van der Waals surface area (Å²) in [5.74, 6) is 0.766. The van der Waals surface area contributed by atoms with E-state index in [1.54, 1.807) is 6.07 Å². The zero-order valence-electron chi connectivity index (χ0n) is 15.2. The third kappa shape index (κ3) is 4.38. The number of aromatic nitrogens is 2. The molecule has 0 bridgehead atoms. The van der Waals surface area contributed by atoms with Crippen molar-refractivity contribution in [1.82, 2.24) is 14.9 Å². The molecule has 3 rings (SSSR count). The van der Waals surface area contributed by atoms with Crippen LogP contribution in [0.15, 0.2) is 24.5 Å². The van der Waals surface area contributed by atoms with Crippen molar-refractivity contribution >= 4 is 11.6 Å². The molecule has 0 aliphatic carbocycles. The molecular formula is C19H23ClFN3O2. The number of rotatable bonds is 6. The fourth-order valence-corrected chi connectivity index (χ4v) is 3.16. The smallest absolute Gasteiger partial charge is 0.185 e. The Morgan fingerprint density at radius 1 is 1.19 bits per heavy atom. The third-order valence-corrected chi connectivity index (χ3v) is 4.66. The number of benzene rings is 1. The van der Waals surface area contributed by atoms with Crippen LogP contribution in [0.2, 0.25) is 5.02 Å². The van der Waals surface area contributed by atoms with Crippen LogP contribution in [0.3, 0.4) is 0 Å². The normalized spacial score (nSPS) is 15.3. The summed E-state index contributed by atoms with van der Waals surface area (Å²) in [6.45, 7) is 6.08. The van der Waals surface area contributed by atoms with Crippen LogP contribution in [-0.4, -0.2) is 35.1 Å². The van der Waals surface area contributed by atoms with E-state index in [0.29, 0.717) is 42.5 Å². The Labute approximate surface area is 158 Å². The maximum Gasteiger partial charge on any atom is 0.185 e. The molecule has 2 aromatic rings. The molecule has 0 atom stereocenters. The minimum atomic E-state index is -0.524. The SMILES string of the molecule is CC(C)c1ncc(CN(C)Cc2c(F)ccc(C3OCCO3)c2Cl)cn1. The van der Waals surface area contributed by atoms with Crippen LogP contribution in [0, 0.1) is 5.82 Å². The van der Waals surface area contributed by atoms with Gasteiger partial charge in [0.2, 0.25) is 0 Å². The van der Waals surface area contributed by atoms with Crippen LogP contribution in [0.5, 0.6) is 0 Å². The minimum absolute atomic E-state index is 0.289. The second-order valence-corrected chi connectivity index (χ2v) is 7.16. The van der Waals surface area contributed by atoms with E-state index in [1.165, 1.54) is 6.07 Å². The van der Waals surface area contributed by atoms with Crippen LogP contribution in [0.25, 0.3) is 0 Å². The predicted octanol–water partition coefficient (Wildman–Crippen LogP) is 4.07. The van der Waals surface area contributed by atoms with E-state index in [0.717, 1.165) is 11.4 Å². The lowest BCUT2D eigenvalue weighted by molar-refractivity contribution is -0.0441. The van der Waals surface area contributed by atoms with Crippen molar-refractivity contribution in [2.24, 2.45) is 0 Å². The van der Waals surface area contributed by atoms with E-state index >= 15 is 0 Å². The summed E-state index contributed by atoms with van der Waals surface area (Å²) >= 11 is 6.45. The highest BCUT2D eigenvalue weighted by molar-refractivity contribution is 6.32. The first kappa shape index (κ1) is 19.2. The summed E-state index contributed by atoms with van der Waals surface area (Å²) in [5.41, 5.74) is 2.07. The van der Waals surface area contributed by atoms with Gasteiger partial charge in [0, 0.05) is 48.1 Å². The topological polar surface area (TPSA) is 47.5 Å². The van der Waals surface area contributed by atoms with Gasteiger partial charge in [-0.2, -0.15) is 0 Å². The van der Waals surface area contributed by atoms with Gasteiger partial charge < -0.3 is 9.47 Å². The van der Waals surface area contributed by atoms with E-state index in [2.05, 4.69) is 23.8 Å². The lowest BCUT2D eigenvalue weighted by Crippen LogP contribution is -2.19. The molecule has 7 heteroatoms. The average molecular weight is 380 g/mol. The van der Waals surface area contributed by atoms with Gasteiger partial charge in [0.15, 0.2) is 6.29 Å². The number of ether oxygens (including phenoxy) is 2. The fraction of sp³-hybridized carbons (Fsp3) is 0.474. The van der Waals surface area contributed by atoms with Crippen molar-refractivity contribution in [1.29, 1.82) is 0 Å². The molecule has 0 radical (unpaired) electrons. The van der Waals surface area contributed by atoms with Crippen molar-refractivity contribution in [3.63, 3.8) is 0 Å². The maximum atomic E-state index is 14.3. The van der Waals surface area contributed by atoms with Gasteiger partial charge in [-0.15, -0.1) is 0 Å². The lowest BCUT2D eigenvalue weighted by Gasteiger charge is -2.20. The summed E-state index contributed by atoms with van der Waals surface area (Å²) in [5, 5.41) is 0.357. The molecule has 0 saturated carbocycles. The Morgan fingerprint density at radius 2 is 1.85 bits per heavy atom. The molecular weight excluding hydrogens is 357 g/mol. The van der Waals surface area contributed by atoms with Crippen molar-refractivity contribution in [3.05, 3.63) is 57.9 Å². The standard InChI is InChI=1S/C19H23ClFN3O2/c1-12(2)18-22-8-13(9-23-18)10-24(3)11-15-16(21)5-4-14(17(15)20)19-25-6-7-26-19/h4-5,8-9,12,19H,6-7,10-11H2,1-3H3. The molecule has 5 nitrogen and oxygen atoms in total. The molecule has 0 unspecified atom stereocenters. The van der Waals surface area contributed by atoms with Crippen molar-refractivity contribution in [2.45, 2.75) is 39.1 Å². The molecule has 1 saturated heterocycles. The summed E-state index contributed by atoms with van der Waals surface area (Å²) in [7, 11) is 1.90. The summed E-state index contributed by atoms with van der Waals surface area (Å²) < 4.78 is 25.3. The maximum absolute atomic E-state index is 14.3. The molecule has 140 valence electrons. The van der Waals surface area contributed by atoms with Gasteiger partial charge >= 0.3 is 0 Å². The Kier molecular flexibility index (Phi) is 6.19. The van der Waals surface area contributed by atoms with Crippen LogP contribution in [-0.2, 0) is 22.6 Å². The van der Waals surface area contributed by atoms with E-state index in [4.69, 9.17) is 21.1 Å². The number of halogens is 2. The van der Waals surface area contributed by atoms with Gasteiger partial charge in [0.25, 0.3) is 0 Å². The van der Waals surface area contributed by atoms with Gasteiger partial charge in [-0.05, 0) is 19.2 Å². The van der Waals surface area contributed by atoms with Gasteiger partial charge in [-0.3, -0.25) is 4.90 Å². The fourth-order valence-electron chi connectivity index (χ4n) is 2.86. The summed E-state index contributed by atoms with van der Waals surface area (Å²) in [6.07, 6.45) is 3.10. The molecule has 1 aliphatic rings. The highest BCUT2D eigenvalue weighted by Crippen LogP contribution is 2.33. The molecule has 0 amide bonds. The first-order valence-corrected chi connectivity index (χ1v) is 9.03. The molecule has 1 fully saturated rings. The molecule has 1 aromatic heterocycles. The second kappa shape index (κ2) is 8.39. The van der Waals surface area contributed by atoms with Gasteiger partial charge in [-0.1, -0.05) is 25.4 Å². The molecule has 26 heavy (non-hydrogen) atoms. The van der Waals surface area contributed by atoms with Crippen LogP contribution in [0.4, 0.5) is 4.39 Å². The molecule has 1 aliphatic heterocycles. The molecule has 0 spiro atoms. The highest BCUT2D eigenvalue weighted by Gasteiger charge is 2.24. The largest absolute Gasteiger partial charge is 0.346 e. The summed E-state index contributed by atoms with van der Waals surface area (Å²) in [6, 6.07) is 3.03. The zero-order chi connectivity index (χ0) is 18.7. The van der Waals surface area contributed by atoms with Gasteiger partial charge in [0.05, 0.1) is 18.2 Å². The van der Waals surface area contributed by atoms with E-state index in [1.807, 2.05) is 24.3 Å². The van der Waals surface area contributed by atoms with Crippen LogP contribution >= 0.6 is 11.6 Å². The molecule has 2 heterocycles. The zero-order valence-corrected chi connectivity index (χ0v) is 16.0. The van der Waals surface area contributed by atoms with E-state index in [-0.39, 0.29) is 11.7 Å². The minimum Gasteiger partial charge on any atom is -0.346 e. The van der Waals surface area contributed by atoms with Crippen molar-refractivity contribution in [3.8, 4) is 0 Å². The van der Waals surface area contributed by atoms with E-state index in [9.17, 15) is 4.39 Å². The first-order chi connectivity index (χ1) is 12.5. The number of nitrogens with zero attached hydrogens (tertiary/aromatic N) is 3. The number of hydrogen-bond acceptors (Lipinski definition) is 5. The van der Waals surface area contributed by atoms with Gasteiger partial charge in [-0.25, -0.2) is 14.4 Å². The van der Waals surface area contributed by atoms with Crippen LogP contribution < -0.4 is 0 Å². The van der Waals surface area contributed by atoms with Crippen LogP contribution in [0.1, 0.15) is 48.6 Å². The van der Waals surface area contributed by atoms with Gasteiger partial charge in [0.1, 0.15) is 11.6 Å². The predicted molar refractivity (Wildman–Crippen MR) is 97.3 cm³/mol. The Balaban J connectivity index is 1.72. The summed E-state index contributed by atoms with van der Waals surface area (Å²) in [4.78, 5) is 10.7. The number of hydrogen-bond donors (Lipinski definition) is 0. The third-order valence-electron chi connectivity index (χ3n) is 4.21. The quantitative estimate of drug-likeness (QED) is 0.757. The second-order valence-electron chi connectivity index (χ2n) is 6.78. The average Bonchev–Trinajstić information content (AvgIpc) is 3.13. The molecule has 1 aromatic carbocycles. The lowest BCUT2D eigenvalue weighted by atomic mass is 10.1. The highest BCUT2D eigenvalue weighted by atomic mass is 35.5. The molecule has 0 N–H and O–H groups in total. The Bertz CT molecular complexity index is 749.